The van der Waals surface area contributed by atoms with E-state index in [-0.39, 0.29) is 11.7 Å². The molecule has 2 unspecified atom stereocenters. The highest BCUT2D eigenvalue weighted by Crippen LogP contribution is 2.27. The van der Waals surface area contributed by atoms with E-state index in [0.29, 0.717) is 18.2 Å². The van der Waals surface area contributed by atoms with E-state index in [9.17, 15) is 14.5 Å². The Hall–Kier alpha value is -1.69. The third-order valence-electron chi connectivity index (χ3n) is 3.14. The van der Waals surface area contributed by atoms with Gasteiger partial charge in [0.05, 0.1) is 11.0 Å². The standard InChI is InChI=1S/C12H16FN3O2/c1-8-2-10(14)7-15(6-8)11-3-9(13)4-12(5-11)16(17)18/h3-5,8,10H,2,6-7,14H2,1H3. The van der Waals surface area contributed by atoms with E-state index in [1.165, 1.54) is 12.1 Å². The van der Waals surface area contributed by atoms with Crippen LogP contribution in [0.15, 0.2) is 18.2 Å². The predicted octanol–water partition coefficient (Wildman–Crippen LogP) is 1.91. The van der Waals surface area contributed by atoms with Crippen molar-refractivity contribution in [2.24, 2.45) is 11.7 Å². The topological polar surface area (TPSA) is 72.4 Å². The summed E-state index contributed by atoms with van der Waals surface area (Å²) in [6.45, 7) is 3.42. The molecule has 1 aliphatic heterocycles. The molecule has 1 aliphatic rings. The van der Waals surface area contributed by atoms with Crippen LogP contribution in [0, 0.1) is 21.8 Å². The number of non-ortho nitro benzene ring substituents is 1. The number of hydrogen-bond donors (Lipinski definition) is 1. The number of anilines is 1. The van der Waals surface area contributed by atoms with Gasteiger partial charge in [0.2, 0.25) is 0 Å². The van der Waals surface area contributed by atoms with Gasteiger partial charge >= 0.3 is 0 Å². The Labute approximate surface area is 105 Å². The number of hydrogen-bond acceptors (Lipinski definition) is 4. The molecule has 98 valence electrons. The molecule has 1 saturated heterocycles. The van der Waals surface area contributed by atoms with Gasteiger partial charge in [-0.3, -0.25) is 10.1 Å². The monoisotopic (exact) mass is 253 g/mol. The number of nitro benzene ring substituents is 1. The van der Waals surface area contributed by atoms with Gasteiger partial charge < -0.3 is 10.6 Å². The first-order chi connectivity index (χ1) is 8.45. The van der Waals surface area contributed by atoms with Gasteiger partial charge in [-0.15, -0.1) is 0 Å². The molecule has 2 atom stereocenters. The number of nitrogens with two attached hydrogens (primary N) is 1. The fourth-order valence-electron chi connectivity index (χ4n) is 2.46. The molecule has 1 aromatic carbocycles. The van der Waals surface area contributed by atoms with Crippen molar-refractivity contribution >= 4 is 11.4 Å². The molecule has 2 rings (SSSR count). The predicted molar refractivity (Wildman–Crippen MR) is 67.0 cm³/mol. The lowest BCUT2D eigenvalue weighted by Gasteiger charge is -2.36. The summed E-state index contributed by atoms with van der Waals surface area (Å²) in [5.74, 6) is -0.193. The summed E-state index contributed by atoms with van der Waals surface area (Å²) in [5, 5.41) is 10.7. The fraction of sp³-hybridized carbons (Fsp3) is 0.500. The van der Waals surface area contributed by atoms with Gasteiger partial charge in [-0.25, -0.2) is 4.39 Å². The summed E-state index contributed by atoms with van der Waals surface area (Å²) in [6, 6.07) is 3.67. The molecule has 0 amide bonds. The molecule has 1 heterocycles. The molecule has 0 spiro atoms. The Kier molecular flexibility index (Phi) is 3.47. The zero-order valence-corrected chi connectivity index (χ0v) is 10.2. The number of rotatable bonds is 2. The second-order valence-electron chi connectivity index (χ2n) is 4.93. The first kappa shape index (κ1) is 12.8. The second-order valence-corrected chi connectivity index (χ2v) is 4.93. The van der Waals surface area contributed by atoms with E-state index < -0.39 is 10.7 Å². The minimum Gasteiger partial charge on any atom is -0.369 e. The van der Waals surface area contributed by atoms with Crippen LogP contribution in [0.3, 0.4) is 0 Å². The van der Waals surface area contributed by atoms with E-state index in [0.717, 1.165) is 19.0 Å². The SMILES string of the molecule is CC1CC(N)CN(c2cc(F)cc([N+](=O)[O-])c2)C1. The Balaban J connectivity index is 2.29. The Morgan fingerprint density at radius 3 is 2.78 bits per heavy atom. The number of benzene rings is 1. The van der Waals surface area contributed by atoms with Gasteiger partial charge in [0.25, 0.3) is 5.69 Å². The van der Waals surface area contributed by atoms with E-state index in [1.54, 1.807) is 0 Å². The highest BCUT2D eigenvalue weighted by molar-refractivity contribution is 5.54. The molecule has 0 saturated carbocycles. The van der Waals surface area contributed by atoms with E-state index >= 15 is 0 Å². The number of piperidine rings is 1. The number of nitrogens with zero attached hydrogens (tertiary/aromatic N) is 2. The van der Waals surface area contributed by atoms with Crippen LogP contribution in [0.5, 0.6) is 0 Å². The van der Waals surface area contributed by atoms with Gasteiger partial charge in [0.1, 0.15) is 5.82 Å². The van der Waals surface area contributed by atoms with Gasteiger partial charge in [-0.1, -0.05) is 6.92 Å². The van der Waals surface area contributed by atoms with Crippen LogP contribution < -0.4 is 10.6 Å². The average Bonchev–Trinajstić information content (AvgIpc) is 2.26. The molecule has 1 aromatic rings. The molecule has 0 radical (unpaired) electrons. The third kappa shape index (κ3) is 2.76. The maximum Gasteiger partial charge on any atom is 0.274 e. The quantitative estimate of drug-likeness (QED) is 0.645. The van der Waals surface area contributed by atoms with E-state index in [4.69, 9.17) is 5.73 Å². The van der Waals surface area contributed by atoms with Crippen LogP contribution in [-0.2, 0) is 0 Å². The van der Waals surface area contributed by atoms with Crippen LogP contribution in [0.1, 0.15) is 13.3 Å². The van der Waals surface area contributed by atoms with E-state index in [1.807, 2.05) is 4.90 Å². The zero-order valence-electron chi connectivity index (χ0n) is 10.2. The van der Waals surface area contributed by atoms with Crippen LogP contribution >= 0.6 is 0 Å². The fourth-order valence-corrected chi connectivity index (χ4v) is 2.46. The molecule has 5 nitrogen and oxygen atoms in total. The lowest BCUT2D eigenvalue weighted by Crippen LogP contribution is -2.46. The van der Waals surface area contributed by atoms with Crippen molar-refractivity contribution < 1.29 is 9.31 Å². The Morgan fingerprint density at radius 1 is 1.44 bits per heavy atom. The lowest BCUT2D eigenvalue weighted by molar-refractivity contribution is -0.385. The van der Waals surface area contributed by atoms with Crippen molar-refractivity contribution in [3.8, 4) is 0 Å². The number of halogens is 1. The van der Waals surface area contributed by atoms with Crippen molar-refractivity contribution in [3.05, 3.63) is 34.1 Å². The minimum absolute atomic E-state index is 0.0241. The van der Waals surface area contributed by atoms with Crippen molar-refractivity contribution in [2.45, 2.75) is 19.4 Å². The summed E-state index contributed by atoms with van der Waals surface area (Å²) in [4.78, 5) is 12.0. The van der Waals surface area contributed by atoms with Crippen molar-refractivity contribution in [1.29, 1.82) is 0 Å². The minimum atomic E-state index is -0.592. The van der Waals surface area contributed by atoms with Gasteiger partial charge in [0, 0.05) is 30.9 Å². The molecule has 0 bridgehead atoms. The average molecular weight is 253 g/mol. The molecular formula is C12H16FN3O2. The number of nitro groups is 1. The summed E-state index contributed by atoms with van der Waals surface area (Å²) in [7, 11) is 0. The highest BCUT2D eigenvalue weighted by Gasteiger charge is 2.24. The first-order valence-electron chi connectivity index (χ1n) is 5.91. The van der Waals surface area contributed by atoms with Gasteiger partial charge in [-0.05, 0) is 18.4 Å². The molecule has 18 heavy (non-hydrogen) atoms. The highest BCUT2D eigenvalue weighted by atomic mass is 19.1. The molecule has 1 fully saturated rings. The Bertz CT molecular complexity index is 457. The second kappa shape index (κ2) is 4.89. The molecule has 0 aromatic heterocycles. The summed E-state index contributed by atoms with van der Waals surface area (Å²) < 4.78 is 13.4. The molecule has 6 heteroatoms. The summed E-state index contributed by atoms with van der Waals surface area (Å²) in [5.41, 5.74) is 6.23. The van der Waals surface area contributed by atoms with Crippen LogP contribution in [0.2, 0.25) is 0 Å². The summed E-state index contributed by atoms with van der Waals surface area (Å²) >= 11 is 0. The van der Waals surface area contributed by atoms with Crippen LogP contribution in [0.25, 0.3) is 0 Å². The van der Waals surface area contributed by atoms with E-state index in [2.05, 4.69) is 6.92 Å². The van der Waals surface area contributed by atoms with Gasteiger partial charge in [-0.2, -0.15) is 0 Å². The van der Waals surface area contributed by atoms with Gasteiger partial charge in [0.15, 0.2) is 0 Å². The maximum atomic E-state index is 13.4. The lowest BCUT2D eigenvalue weighted by atomic mass is 9.96. The largest absolute Gasteiger partial charge is 0.369 e. The normalized spacial score (nSPS) is 24.1. The zero-order chi connectivity index (χ0) is 13.3. The molecular weight excluding hydrogens is 237 g/mol. The maximum absolute atomic E-state index is 13.4. The third-order valence-corrected chi connectivity index (χ3v) is 3.14. The molecule has 2 N–H and O–H groups in total. The molecule has 0 aliphatic carbocycles. The Morgan fingerprint density at radius 2 is 2.17 bits per heavy atom. The van der Waals surface area contributed by atoms with Crippen LogP contribution in [0.4, 0.5) is 15.8 Å². The van der Waals surface area contributed by atoms with Crippen molar-refractivity contribution in [2.75, 3.05) is 18.0 Å². The smallest absolute Gasteiger partial charge is 0.274 e. The van der Waals surface area contributed by atoms with Crippen molar-refractivity contribution in [1.82, 2.24) is 0 Å². The van der Waals surface area contributed by atoms with Crippen molar-refractivity contribution in [3.63, 3.8) is 0 Å². The first-order valence-corrected chi connectivity index (χ1v) is 5.91. The van der Waals surface area contributed by atoms with Crippen LogP contribution in [-0.4, -0.2) is 24.1 Å². The summed E-state index contributed by atoms with van der Waals surface area (Å²) in [6.07, 6.45) is 0.925.